The van der Waals surface area contributed by atoms with Crippen molar-refractivity contribution in [2.75, 3.05) is 26.4 Å². The van der Waals surface area contributed by atoms with E-state index in [9.17, 15) is 4.79 Å². The Labute approximate surface area is 117 Å². The second kappa shape index (κ2) is 7.02. The second-order valence-corrected chi connectivity index (χ2v) is 4.52. The smallest absolute Gasteiger partial charge is 0.226 e. The molecule has 6 heteroatoms. The number of hydrogen-bond donors (Lipinski definition) is 2. The first-order chi connectivity index (χ1) is 9.70. The van der Waals surface area contributed by atoms with Gasteiger partial charge in [0.05, 0.1) is 31.9 Å². The molecule has 2 aromatic heterocycles. The van der Waals surface area contributed by atoms with E-state index < -0.39 is 0 Å². The molecule has 0 aromatic carbocycles. The maximum absolute atomic E-state index is 11.7. The number of aliphatic hydroxyl groups is 1. The van der Waals surface area contributed by atoms with E-state index in [1.165, 1.54) is 0 Å². The zero-order valence-corrected chi connectivity index (χ0v) is 11.5. The Morgan fingerprint density at radius 3 is 3.10 bits per heavy atom. The average molecular weight is 277 g/mol. The van der Waals surface area contributed by atoms with Crippen molar-refractivity contribution in [2.24, 2.45) is 0 Å². The summed E-state index contributed by atoms with van der Waals surface area (Å²) in [6.07, 6.45) is 4.03. The number of amides is 1. The summed E-state index contributed by atoms with van der Waals surface area (Å²) >= 11 is 0. The number of imidazole rings is 1. The first kappa shape index (κ1) is 14.5. The van der Waals surface area contributed by atoms with Crippen LogP contribution in [0.3, 0.4) is 0 Å². The number of carbonyl (C=O) groups is 1. The molecule has 108 valence electrons. The molecule has 0 aliphatic rings. The summed E-state index contributed by atoms with van der Waals surface area (Å²) in [5, 5.41) is 11.3. The summed E-state index contributed by atoms with van der Waals surface area (Å²) < 4.78 is 6.98. The van der Waals surface area contributed by atoms with Crippen LogP contribution in [0.2, 0.25) is 0 Å². The van der Waals surface area contributed by atoms with Crippen LogP contribution in [-0.4, -0.2) is 46.8 Å². The van der Waals surface area contributed by atoms with Gasteiger partial charge in [0.15, 0.2) is 0 Å². The summed E-state index contributed by atoms with van der Waals surface area (Å²) in [7, 11) is 0. The highest BCUT2D eigenvalue weighted by atomic mass is 16.5. The number of nitrogens with zero attached hydrogens (tertiary/aromatic N) is 2. The predicted molar refractivity (Wildman–Crippen MR) is 74.5 cm³/mol. The molecule has 0 aliphatic carbocycles. The van der Waals surface area contributed by atoms with Crippen LogP contribution in [0, 0.1) is 6.92 Å². The fraction of sp³-hybridized carbons (Fsp3) is 0.429. The monoisotopic (exact) mass is 277 g/mol. The number of aryl methyl sites for hydroxylation is 1. The highest BCUT2D eigenvalue weighted by Crippen LogP contribution is 2.10. The van der Waals surface area contributed by atoms with Crippen LogP contribution in [0.5, 0.6) is 0 Å². The van der Waals surface area contributed by atoms with Crippen molar-refractivity contribution in [3.8, 4) is 0 Å². The van der Waals surface area contributed by atoms with E-state index in [1.54, 1.807) is 0 Å². The molecule has 0 radical (unpaired) electrons. The van der Waals surface area contributed by atoms with Crippen molar-refractivity contribution in [1.29, 1.82) is 0 Å². The molecule has 0 saturated heterocycles. The Bertz CT molecular complexity index is 580. The van der Waals surface area contributed by atoms with Crippen molar-refractivity contribution >= 4 is 11.6 Å². The standard InChI is InChI=1S/C14H19N3O3/c1-11-3-2-5-17-10-12(16-14(11)17)9-13(19)15-4-7-20-8-6-18/h2-3,5,10,18H,4,6-9H2,1H3,(H,15,19). The predicted octanol–water partition coefficient (Wildman–Crippen LogP) is 0.310. The molecular weight excluding hydrogens is 258 g/mol. The molecule has 0 fully saturated rings. The molecule has 0 saturated carbocycles. The number of aromatic nitrogens is 2. The third-order valence-corrected chi connectivity index (χ3v) is 2.87. The van der Waals surface area contributed by atoms with Crippen molar-refractivity contribution in [3.05, 3.63) is 35.8 Å². The van der Waals surface area contributed by atoms with E-state index in [1.807, 2.05) is 35.9 Å². The summed E-state index contributed by atoms with van der Waals surface area (Å²) in [5.41, 5.74) is 2.70. The van der Waals surface area contributed by atoms with Crippen LogP contribution in [-0.2, 0) is 16.0 Å². The van der Waals surface area contributed by atoms with Gasteiger partial charge in [-0.1, -0.05) is 6.07 Å². The molecule has 2 rings (SSSR count). The minimum atomic E-state index is -0.0846. The lowest BCUT2D eigenvalue weighted by Crippen LogP contribution is -2.29. The molecule has 1 amide bonds. The molecular formula is C14H19N3O3. The molecule has 20 heavy (non-hydrogen) atoms. The van der Waals surface area contributed by atoms with Gasteiger partial charge in [0.2, 0.25) is 5.91 Å². The number of carbonyl (C=O) groups excluding carboxylic acids is 1. The number of pyridine rings is 1. The van der Waals surface area contributed by atoms with Gasteiger partial charge in [-0.05, 0) is 18.6 Å². The number of nitrogens with one attached hydrogen (secondary N) is 1. The van der Waals surface area contributed by atoms with Gasteiger partial charge in [0, 0.05) is 18.9 Å². The van der Waals surface area contributed by atoms with Crippen molar-refractivity contribution in [3.63, 3.8) is 0 Å². The molecule has 0 spiro atoms. The molecule has 2 heterocycles. The lowest BCUT2D eigenvalue weighted by atomic mass is 10.3. The molecule has 0 atom stereocenters. The van der Waals surface area contributed by atoms with E-state index in [0.29, 0.717) is 19.8 Å². The highest BCUT2D eigenvalue weighted by molar-refractivity contribution is 5.78. The lowest BCUT2D eigenvalue weighted by molar-refractivity contribution is -0.120. The van der Waals surface area contributed by atoms with Gasteiger partial charge >= 0.3 is 0 Å². The summed E-state index contributed by atoms with van der Waals surface area (Å²) in [4.78, 5) is 16.2. The fourth-order valence-electron chi connectivity index (χ4n) is 1.95. The highest BCUT2D eigenvalue weighted by Gasteiger charge is 2.08. The molecule has 2 aromatic rings. The Balaban J connectivity index is 1.85. The minimum absolute atomic E-state index is 0.00541. The average Bonchev–Trinajstić information content (AvgIpc) is 2.82. The van der Waals surface area contributed by atoms with E-state index in [4.69, 9.17) is 9.84 Å². The summed E-state index contributed by atoms with van der Waals surface area (Å²) in [6, 6.07) is 3.94. The Kier molecular flexibility index (Phi) is 5.09. The number of aliphatic hydroxyl groups excluding tert-OH is 1. The summed E-state index contributed by atoms with van der Waals surface area (Å²) in [6.45, 7) is 3.11. The van der Waals surface area contributed by atoms with E-state index in [-0.39, 0.29) is 18.9 Å². The van der Waals surface area contributed by atoms with Crippen LogP contribution in [0.25, 0.3) is 5.65 Å². The Hall–Kier alpha value is -1.92. The number of rotatable bonds is 7. The van der Waals surface area contributed by atoms with Gasteiger partial charge in [0.1, 0.15) is 5.65 Å². The molecule has 0 unspecified atom stereocenters. The van der Waals surface area contributed by atoms with Gasteiger partial charge in [-0.25, -0.2) is 4.98 Å². The van der Waals surface area contributed by atoms with Crippen LogP contribution in [0.15, 0.2) is 24.5 Å². The topological polar surface area (TPSA) is 75.9 Å². The lowest BCUT2D eigenvalue weighted by Gasteiger charge is -2.04. The Morgan fingerprint density at radius 2 is 2.35 bits per heavy atom. The SMILES string of the molecule is Cc1cccn2cc(CC(=O)NCCOCCO)nc12. The first-order valence-electron chi connectivity index (χ1n) is 6.59. The van der Waals surface area contributed by atoms with E-state index in [2.05, 4.69) is 10.3 Å². The number of hydrogen-bond acceptors (Lipinski definition) is 4. The molecule has 6 nitrogen and oxygen atoms in total. The van der Waals surface area contributed by atoms with E-state index >= 15 is 0 Å². The molecule has 0 aliphatic heterocycles. The summed E-state index contributed by atoms with van der Waals surface area (Å²) in [5.74, 6) is -0.0846. The zero-order chi connectivity index (χ0) is 14.4. The number of fused-ring (bicyclic) bond motifs is 1. The van der Waals surface area contributed by atoms with Gasteiger partial charge in [-0.3, -0.25) is 4.79 Å². The second-order valence-electron chi connectivity index (χ2n) is 4.52. The van der Waals surface area contributed by atoms with Crippen molar-refractivity contribution < 1.29 is 14.6 Å². The van der Waals surface area contributed by atoms with Crippen LogP contribution in [0.1, 0.15) is 11.3 Å². The zero-order valence-electron chi connectivity index (χ0n) is 11.5. The van der Waals surface area contributed by atoms with Crippen LogP contribution >= 0.6 is 0 Å². The molecule has 2 N–H and O–H groups in total. The maximum Gasteiger partial charge on any atom is 0.226 e. The molecule has 0 bridgehead atoms. The van der Waals surface area contributed by atoms with Gasteiger partial charge in [-0.15, -0.1) is 0 Å². The van der Waals surface area contributed by atoms with Crippen LogP contribution < -0.4 is 5.32 Å². The van der Waals surface area contributed by atoms with Crippen molar-refractivity contribution in [2.45, 2.75) is 13.3 Å². The minimum Gasteiger partial charge on any atom is -0.394 e. The van der Waals surface area contributed by atoms with Crippen molar-refractivity contribution in [1.82, 2.24) is 14.7 Å². The third-order valence-electron chi connectivity index (χ3n) is 2.87. The third kappa shape index (κ3) is 3.79. The van der Waals surface area contributed by atoms with Gasteiger partial charge in [-0.2, -0.15) is 0 Å². The quantitative estimate of drug-likeness (QED) is 0.714. The van der Waals surface area contributed by atoms with Gasteiger partial charge < -0.3 is 19.6 Å². The normalized spacial score (nSPS) is 10.9. The maximum atomic E-state index is 11.7. The first-order valence-corrected chi connectivity index (χ1v) is 6.59. The number of ether oxygens (including phenoxy) is 1. The fourth-order valence-corrected chi connectivity index (χ4v) is 1.95. The van der Waals surface area contributed by atoms with Gasteiger partial charge in [0.25, 0.3) is 0 Å². The van der Waals surface area contributed by atoms with Crippen LogP contribution in [0.4, 0.5) is 0 Å². The Morgan fingerprint density at radius 1 is 1.50 bits per heavy atom. The van der Waals surface area contributed by atoms with E-state index in [0.717, 1.165) is 16.9 Å². The largest absolute Gasteiger partial charge is 0.394 e.